The largest absolute Gasteiger partial charge is 0.255 e. The molecule has 1 heterocycles. The molecular weight excluding hydrogens is 206 g/mol. The molecule has 0 spiro atoms. The molecular formula is C13H12ClN. The Hall–Kier alpha value is -1.34. The van der Waals surface area contributed by atoms with E-state index in [4.69, 9.17) is 11.6 Å². The van der Waals surface area contributed by atoms with E-state index in [9.17, 15) is 0 Å². The summed E-state index contributed by atoms with van der Waals surface area (Å²) in [5.74, 6) is 0. The Morgan fingerprint density at radius 2 is 2.20 bits per heavy atom. The molecule has 0 atom stereocenters. The molecule has 0 aliphatic heterocycles. The van der Waals surface area contributed by atoms with E-state index < -0.39 is 0 Å². The second-order valence-electron chi connectivity index (χ2n) is 3.42. The second-order valence-corrected chi connectivity index (χ2v) is 3.85. The van der Waals surface area contributed by atoms with Gasteiger partial charge in [-0.15, -0.1) is 0 Å². The fraction of sp³-hybridized carbons (Fsp3) is 0.154. The summed E-state index contributed by atoms with van der Waals surface area (Å²) in [6.07, 6.45) is 6.97. The third-order valence-corrected chi connectivity index (χ3v) is 2.43. The zero-order chi connectivity index (χ0) is 10.7. The van der Waals surface area contributed by atoms with E-state index in [1.807, 2.05) is 12.1 Å². The van der Waals surface area contributed by atoms with Crippen LogP contribution in [0.3, 0.4) is 0 Å². The lowest BCUT2D eigenvalue weighted by Gasteiger charge is -1.99. The molecule has 0 radical (unpaired) electrons. The van der Waals surface area contributed by atoms with Crippen LogP contribution in [-0.2, 0) is 0 Å². The van der Waals surface area contributed by atoms with Gasteiger partial charge in [-0.1, -0.05) is 42.8 Å². The number of hydrogen-bond donors (Lipinski definition) is 0. The standard InChI is InChI=1S/C13H12ClN/c1-2-3-4-10-5-6-11-8-12(14)9-15-13(11)7-10/h3-9H,2H2,1H3/b4-3+. The summed E-state index contributed by atoms with van der Waals surface area (Å²) >= 11 is 5.87. The van der Waals surface area contributed by atoms with Crippen LogP contribution in [0.2, 0.25) is 5.02 Å². The Morgan fingerprint density at radius 3 is 3.00 bits per heavy atom. The first kappa shape index (κ1) is 10.2. The molecule has 1 nitrogen and oxygen atoms in total. The number of halogens is 1. The maximum Gasteiger partial charge on any atom is 0.0709 e. The molecule has 0 saturated carbocycles. The normalized spacial score (nSPS) is 11.3. The van der Waals surface area contributed by atoms with Crippen LogP contribution in [0.25, 0.3) is 17.0 Å². The molecule has 0 amide bonds. The SMILES string of the molecule is CC/C=C/c1ccc2cc(Cl)cnc2c1. The van der Waals surface area contributed by atoms with E-state index in [0.29, 0.717) is 5.02 Å². The van der Waals surface area contributed by atoms with Crippen molar-refractivity contribution in [3.63, 3.8) is 0 Å². The smallest absolute Gasteiger partial charge is 0.0709 e. The van der Waals surface area contributed by atoms with Crippen molar-refractivity contribution in [2.75, 3.05) is 0 Å². The van der Waals surface area contributed by atoms with E-state index in [1.165, 1.54) is 5.56 Å². The first-order chi connectivity index (χ1) is 7.29. The third kappa shape index (κ3) is 2.37. The van der Waals surface area contributed by atoms with E-state index in [1.54, 1.807) is 6.20 Å². The number of rotatable bonds is 2. The molecule has 1 aromatic carbocycles. The van der Waals surface area contributed by atoms with Crippen LogP contribution >= 0.6 is 11.6 Å². The van der Waals surface area contributed by atoms with Crippen molar-refractivity contribution >= 4 is 28.6 Å². The lowest BCUT2D eigenvalue weighted by molar-refractivity contribution is 1.23. The molecule has 76 valence electrons. The Balaban J connectivity index is 2.47. The van der Waals surface area contributed by atoms with E-state index in [2.05, 4.69) is 36.2 Å². The fourth-order valence-corrected chi connectivity index (χ4v) is 1.64. The number of hydrogen-bond acceptors (Lipinski definition) is 1. The van der Waals surface area contributed by atoms with Gasteiger partial charge in [0.1, 0.15) is 0 Å². The molecule has 2 heteroatoms. The highest BCUT2D eigenvalue weighted by molar-refractivity contribution is 6.31. The van der Waals surface area contributed by atoms with Crippen LogP contribution in [-0.4, -0.2) is 4.98 Å². The van der Waals surface area contributed by atoms with Gasteiger partial charge in [-0.05, 0) is 24.1 Å². The molecule has 2 rings (SSSR count). The van der Waals surface area contributed by atoms with Crippen molar-refractivity contribution in [1.29, 1.82) is 0 Å². The average Bonchev–Trinajstić information content (AvgIpc) is 2.26. The van der Waals surface area contributed by atoms with Crippen molar-refractivity contribution in [3.8, 4) is 0 Å². The third-order valence-electron chi connectivity index (χ3n) is 2.22. The Morgan fingerprint density at radius 1 is 1.33 bits per heavy atom. The molecule has 0 aliphatic carbocycles. The minimum Gasteiger partial charge on any atom is -0.255 e. The van der Waals surface area contributed by atoms with Crippen LogP contribution in [0.5, 0.6) is 0 Å². The highest BCUT2D eigenvalue weighted by Gasteiger charge is 1.96. The number of benzene rings is 1. The number of aromatic nitrogens is 1. The summed E-state index contributed by atoms with van der Waals surface area (Å²) in [5.41, 5.74) is 2.16. The Kier molecular flexibility index (Phi) is 3.02. The second kappa shape index (κ2) is 4.45. The molecule has 0 saturated heterocycles. The lowest BCUT2D eigenvalue weighted by Crippen LogP contribution is -1.80. The Labute approximate surface area is 94.4 Å². The molecule has 0 aliphatic rings. The summed E-state index contributed by atoms with van der Waals surface area (Å²) < 4.78 is 0. The Bertz CT molecular complexity index is 503. The minimum atomic E-state index is 0.680. The molecule has 0 fully saturated rings. The van der Waals surface area contributed by atoms with Gasteiger partial charge in [0, 0.05) is 11.6 Å². The van der Waals surface area contributed by atoms with E-state index in [0.717, 1.165) is 17.3 Å². The topological polar surface area (TPSA) is 12.9 Å². The van der Waals surface area contributed by atoms with Crippen molar-refractivity contribution in [1.82, 2.24) is 4.98 Å². The average molecular weight is 218 g/mol. The van der Waals surface area contributed by atoms with E-state index in [-0.39, 0.29) is 0 Å². The predicted octanol–water partition coefficient (Wildman–Crippen LogP) is 4.31. The van der Waals surface area contributed by atoms with Crippen molar-refractivity contribution in [2.45, 2.75) is 13.3 Å². The number of fused-ring (bicyclic) bond motifs is 1. The van der Waals surface area contributed by atoms with Gasteiger partial charge in [0.25, 0.3) is 0 Å². The zero-order valence-corrected chi connectivity index (χ0v) is 9.33. The minimum absolute atomic E-state index is 0.680. The molecule has 15 heavy (non-hydrogen) atoms. The molecule has 0 unspecified atom stereocenters. The van der Waals surface area contributed by atoms with Crippen LogP contribution < -0.4 is 0 Å². The van der Waals surface area contributed by atoms with Gasteiger partial charge in [-0.25, -0.2) is 0 Å². The molecule has 2 aromatic rings. The quantitative estimate of drug-likeness (QED) is 0.731. The van der Waals surface area contributed by atoms with Gasteiger partial charge >= 0.3 is 0 Å². The van der Waals surface area contributed by atoms with Gasteiger partial charge < -0.3 is 0 Å². The number of nitrogens with zero attached hydrogens (tertiary/aromatic N) is 1. The van der Waals surface area contributed by atoms with Crippen LogP contribution in [0.1, 0.15) is 18.9 Å². The van der Waals surface area contributed by atoms with Gasteiger partial charge in [0.2, 0.25) is 0 Å². The summed E-state index contributed by atoms with van der Waals surface area (Å²) in [5, 5.41) is 1.76. The molecule has 0 N–H and O–H groups in total. The van der Waals surface area contributed by atoms with Crippen LogP contribution in [0.4, 0.5) is 0 Å². The van der Waals surface area contributed by atoms with Crippen molar-refractivity contribution in [3.05, 3.63) is 47.1 Å². The van der Waals surface area contributed by atoms with Gasteiger partial charge in [-0.3, -0.25) is 4.98 Å². The highest BCUT2D eigenvalue weighted by Crippen LogP contribution is 2.18. The summed E-state index contributed by atoms with van der Waals surface area (Å²) in [4.78, 5) is 4.28. The zero-order valence-electron chi connectivity index (χ0n) is 8.57. The first-order valence-electron chi connectivity index (χ1n) is 5.01. The predicted molar refractivity (Wildman–Crippen MR) is 66.1 cm³/mol. The fourth-order valence-electron chi connectivity index (χ4n) is 1.47. The van der Waals surface area contributed by atoms with Crippen molar-refractivity contribution in [2.24, 2.45) is 0 Å². The van der Waals surface area contributed by atoms with Crippen LogP contribution in [0.15, 0.2) is 36.5 Å². The van der Waals surface area contributed by atoms with E-state index >= 15 is 0 Å². The van der Waals surface area contributed by atoms with Crippen LogP contribution in [0, 0.1) is 0 Å². The summed E-state index contributed by atoms with van der Waals surface area (Å²) in [6, 6.07) is 8.12. The monoisotopic (exact) mass is 217 g/mol. The maximum absolute atomic E-state index is 5.87. The van der Waals surface area contributed by atoms with Gasteiger partial charge in [-0.2, -0.15) is 0 Å². The molecule has 0 bridgehead atoms. The van der Waals surface area contributed by atoms with Gasteiger partial charge in [0.15, 0.2) is 0 Å². The first-order valence-corrected chi connectivity index (χ1v) is 5.39. The maximum atomic E-state index is 5.87. The van der Waals surface area contributed by atoms with Crippen molar-refractivity contribution < 1.29 is 0 Å². The number of pyridine rings is 1. The highest BCUT2D eigenvalue weighted by atomic mass is 35.5. The lowest BCUT2D eigenvalue weighted by atomic mass is 10.1. The molecule has 1 aromatic heterocycles. The summed E-state index contributed by atoms with van der Waals surface area (Å²) in [6.45, 7) is 2.12. The number of allylic oxidation sites excluding steroid dienone is 1. The summed E-state index contributed by atoms with van der Waals surface area (Å²) in [7, 11) is 0. The van der Waals surface area contributed by atoms with Gasteiger partial charge in [0.05, 0.1) is 10.5 Å².